The third kappa shape index (κ3) is 6.89. The van der Waals surface area contributed by atoms with Crippen LogP contribution in [0.25, 0.3) is 0 Å². The first-order valence-electron chi connectivity index (χ1n) is 6.28. The summed E-state index contributed by atoms with van der Waals surface area (Å²) in [5.41, 5.74) is 0.00558. The highest BCUT2D eigenvalue weighted by molar-refractivity contribution is 6.17. The second-order valence-corrected chi connectivity index (χ2v) is 5.44. The van der Waals surface area contributed by atoms with E-state index >= 15 is 0 Å². The van der Waals surface area contributed by atoms with E-state index in [-0.39, 0.29) is 12.5 Å². The van der Waals surface area contributed by atoms with Crippen LogP contribution in [0.5, 0.6) is 0 Å². The molecular formula is C13H18ClN3O4. The van der Waals surface area contributed by atoms with E-state index in [4.69, 9.17) is 21.1 Å². The molecule has 0 saturated heterocycles. The Morgan fingerprint density at radius 2 is 1.95 bits per heavy atom. The quantitative estimate of drug-likeness (QED) is 0.656. The van der Waals surface area contributed by atoms with E-state index in [1.54, 1.807) is 33.2 Å². The Bertz CT molecular complexity index is 476. The molecule has 0 aliphatic carbocycles. The molecule has 8 heteroatoms. The SMILES string of the molecule is CC(C)(C)OC(=O)NC(Cc1cncnc1)C(=O)OCCl. The van der Waals surface area contributed by atoms with Crippen molar-refractivity contribution in [2.75, 3.05) is 6.07 Å². The summed E-state index contributed by atoms with van der Waals surface area (Å²) in [6, 6.07) is -1.22. The molecule has 0 fully saturated rings. The molecule has 1 heterocycles. The molecule has 1 unspecified atom stereocenters. The summed E-state index contributed by atoms with van der Waals surface area (Å²) >= 11 is 5.37. The molecule has 116 valence electrons. The molecule has 0 spiro atoms. The van der Waals surface area contributed by atoms with Crippen molar-refractivity contribution in [3.63, 3.8) is 0 Å². The van der Waals surface area contributed by atoms with Crippen LogP contribution in [0.1, 0.15) is 26.3 Å². The van der Waals surface area contributed by atoms with Gasteiger partial charge in [0.05, 0.1) is 0 Å². The number of nitrogens with one attached hydrogen (secondary N) is 1. The number of amides is 1. The minimum Gasteiger partial charge on any atom is -0.448 e. The van der Waals surface area contributed by atoms with Crippen LogP contribution in [-0.2, 0) is 20.7 Å². The zero-order valence-electron chi connectivity index (χ0n) is 12.1. The molecule has 0 aromatic carbocycles. The molecule has 1 amide bonds. The molecular weight excluding hydrogens is 298 g/mol. The Labute approximate surface area is 128 Å². The fourth-order valence-corrected chi connectivity index (χ4v) is 1.58. The molecule has 1 aromatic heterocycles. The highest BCUT2D eigenvalue weighted by Gasteiger charge is 2.25. The molecule has 0 aliphatic rings. The van der Waals surface area contributed by atoms with Gasteiger partial charge in [0.1, 0.15) is 18.0 Å². The summed E-state index contributed by atoms with van der Waals surface area (Å²) in [6.45, 7) is 5.18. The number of nitrogens with zero attached hydrogens (tertiary/aromatic N) is 2. The molecule has 0 radical (unpaired) electrons. The van der Waals surface area contributed by atoms with Crippen LogP contribution in [0.4, 0.5) is 4.79 Å². The molecule has 7 nitrogen and oxygen atoms in total. The van der Waals surface area contributed by atoms with E-state index in [0.29, 0.717) is 5.56 Å². The molecule has 1 N–H and O–H groups in total. The first kappa shape index (κ1) is 17.2. The number of carbonyl (C=O) groups is 2. The Morgan fingerprint density at radius 1 is 1.33 bits per heavy atom. The zero-order chi connectivity index (χ0) is 15.9. The van der Waals surface area contributed by atoms with Crippen LogP contribution in [0.2, 0.25) is 0 Å². The highest BCUT2D eigenvalue weighted by Crippen LogP contribution is 2.08. The van der Waals surface area contributed by atoms with Crippen molar-refractivity contribution in [1.29, 1.82) is 0 Å². The van der Waals surface area contributed by atoms with Gasteiger partial charge in [0.2, 0.25) is 0 Å². The van der Waals surface area contributed by atoms with Crippen LogP contribution in [0.15, 0.2) is 18.7 Å². The normalized spacial score (nSPS) is 12.4. The maximum absolute atomic E-state index is 11.8. The second-order valence-electron chi connectivity index (χ2n) is 5.22. The summed E-state index contributed by atoms with van der Waals surface area (Å²) in [4.78, 5) is 31.3. The molecule has 1 atom stereocenters. The average molecular weight is 316 g/mol. The van der Waals surface area contributed by atoms with Crippen LogP contribution in [0.3, 0.4) is 0 Å². The van der Waals surface area contributed by atoms with Gasteiger partial charge in [0.25, 0.3) is 0 Å². The van der Waals surface area contributed by atoms with Gasteiger partial charge in [-0.05, 0) is 26.3 Å². The van der Waals surface area contributed by atoms with E-state index in [0.717, 1.165) is 0 Å². The van der Waals surface area contributed by atoms with E-state index in [1.807, 2.05) is 0 Å². The topological polar surface area (TPSA) is 90.4 Å². The number of carbonyl (C=O) groups excluding carboxylic acids is 2. The van der Waals surface area contributed by atoms with Crippen molar-refractivity contribution < 1.29 is 19.1 Å². The first-order valence-corrected chi connectivity index (χ1v) is 6.81. The molecule has 1 aromatic rings. The molecule has 21 heavy (non-hydrogen) atoms. The van der Waals surface area contributed by atoms with Gasteiger partial charge in [-0.3, -0.25) is 0 Å². The lowest BCUT2D eigenvalue weighted by molar-refractivity contribution is -0.144. The molecule has 1 rings (SSSR count). The Hall–Kier alpha value is -1.89. The highest BCUT2D eigenvalue weighted by atomic mass is 35.5. The Kier molecular flexibility index (Phi) is 6.36. The van der Waals surface area contributed by atoms with Crippen molar-refractivity contribution in [1.82, 2.24) is 15.3 Å². The van der Waals surface area contributed by atoms with Crippen LogP contribution >= 0.6 is 11.6 Å². The number of hydrogen-bond acceptors (Lipinski definition) is 6. The monoisotopic (exact) mass is 315 g/mol. The van der Waals surface area contributed by atoms with Gasteiger partial charge >= 0.3 is 12.1 Å². The summed E-state index contributed by atoms with van der Waals surface area (Å²) in [7, 11) is 0. The van der Waals surface area contributed by atoms with Gasteiger partial charge in [-0.15, -0.1) is 0 Å². The number of alkyl halides is 1. The van der Waals surface area contributed by atoms with Crippen molar-refractivity contribution in [2.45, 2.75) is 38.8 Å². The minimum absolute atomic E-state index is 0.176. The van der Waals surface area contributed by atoms with Crippen LogP contribution in [-0.4, -0.2) is 39.7 Å². The predicted octanol–water partition coefficient (Wildman–Crippen LogP) is 1.65. The average Bonchev–Trinajstić information content (AvgIpc) is 2.37. The fourth-order valence-electron chi connectivity index (χ4n) is 1.47. The number of alkyl carbamates (subject to hydrolysis) is 1. The minimum atomic E-state index is -0.926. The summed E-state index contributed by atoms with van der Waals surface area (Å²) < 4.78 is 9.83. The van der Waals surface area contributed by atoms with Gasteiger partial charge < -0.3 is 14.8 Å². The number of halogens is 1. The maximum Gasteiger partial charge on any atom is 0.408 e. The lowest BCUT2D eigenvalue weighted by atomic mass is 10.1. The number of rotatable bonds is 5. The third-order valence-corrected chi connectivity index (χ3v) is 2.34. The smallest absolute Gasteiger partial charge is 0.408 e. The van der Waals surface area contributed by atoms with Crippen molar-refractivity contribution in [3.8, 4) is 0 Å². The number of hydrogen-bond donors (Lipinski definition) is 1. The maximum atomic E-state index is 11.8. The van der Waals surface area contributed by atoms with Gasteiger partial charge in [-0.25, -0.2) is 19.6 Å². The predicted molar refractivity (Wildman–Crippen MR) is 75.7 cm³/mol. The standard InChI is InChI=1S/C13H18ClN3O4/c1-13(2,3)21-12(19)17-10(11(18)20-7-14)4-9-5-15-8-16-6-9/h5-6,8,10H,4,7H2,1-3H3,(H,17,19). The van der Waals surface area contributed by atoms with Crippen molar-refractivity contribution >= 4 is 23.7 Å². The van der Waals surface area contributed by atoms with Crippen molar-refractivity contribution in [3.05, 3.63) is 24.3 Å². The van der Waals surface area contributed by atoms with Crippen LogP contribution < -0.4 is 5.32 Å². The summed E-state index contributed by atoms with van der Waals surface area (Å²) in [6.07, 6.45) is 3.93. The van der Waals surface area contributed by atoms with Gasteiger partial charge in [-0.2, -0.15) is 0 Å². The zero-order valence-corrected chi connectivity index (χ0v) is 12.9. The summed E-state index contributed by atoms with van der Waals surface area (Å²) in [5, 5.41) is 2.46. The summed E-state index contributed by atoms with van der Waals surface area (Å²) in [5.74, 6) is -0.653. The Morgan fingerprint density at radius 3 is 2.48 bits per heavy atom. The number of ether oxygens (including phenoxy) is 2. The second kappa shape index (κ2) is 7.78. The Balaban J connectivity index is 2.73. The molecule has 0 bridgehead atoms. The van der Waals surface area contributed by atoms with Crippen LogP contribution in [0, 0.1) is 0 Å². The van der Waals surface area contributed by atoms with E-state index in [9.17, 15) is 9.59 Å². The first-order chi connectivity index (χ1) is 9.81. The lowest BCUT2D eigenvalue weighted by Gasteiger charge is -2.22. The van der Waals surface area contributed by atoms with E-state index in [2.05, 4.69) is 15.3 Å². The van der Waals surface area contributed by atoms with E-state index < -0.39 is 23.7 Å². The number of aromatic nitrogens is 2. The molecule has 0 aliphatic heterocycles. The largest absolute Gasteiger partial charge is 0.448 e. The fraction of sp³-hybridized carbons (Fsp3) is 0.538. The third-order valence-electron chi connectivity index (χ3n) is 2.23. The van der Waals surface area contributed by atoms with Crippen molar-refractivity contribution in [2.24, 2.45) is 0 Å². The molecule has 0 saturated carbocycles. The van der Waals surface area contributed by atoms with E-state index in [1.165, 1.54) is 6.33 Å². The lowest BCUT2D eigenvalue weighted by Crippen LogP contribution is -2.45. The van der Waals surface area contributed by atoms with Gasteiger partial charge in [0, 0.05) is 18.8 Å². The van der Waals surface area contributed by atoms with Gasteiger partial charge in [0.15, 0.2) is 6.07 Å². The van der Waals surface area contributed by atoms with Gasteiger partial charge in [-0.1, -0.05) is 11.6 Å². The number of esters is 1.